The first-order valence-corrected chi connectivity index (χ1v) is 12.1. The second-order valence-corrected chi connectivity index (χ2v) is 10.3. The van der Waals surface area contributed by atoms with E-state index in [4.69, 9.17) is 11.1 Å². The number of benzene rings is 1. The minimum absolute atomic E-state index is 0. The van der Waals surface area contributed by atoms with Crippen LogP contribution in [-0.2, 0) is 11.2 Å². The standard InChI is InChI=1S/C26H34N2O3S.51H2/c1-14(2)17(5)22-10-9-21(27-19(22)7)13-16(4)31-23-11-8-20(12-15(23)3)18(6)24-25(29)28-26(30)32-24;;;;;;;;;;;;;;;;;;;;;;;;;;;;;;;;;;;;;;;;;;;;;;;;;;;/h8-12,14,16-18,24H,13H2,1-7H3,(H,28,29,30);51*1H/i/hD. The van der Waals surface area contributed by atoms with Gasteiger partial charge in [-0.25, -0.2) is 0 Å². The van der Waals surface area contributed by atoms with Gasteiger partial charge < -0.3 is 4.74 Å². The number of thioether (sulfide) groups is 1. The molecule has 0 saturated carbocycles. The normalized spacial score (nSPS) is 19.8. The van der Waals surface area contributed by atoms with Gasteiger partial charge >= 0.3 is 0 Å². The lowest BCUT2D eigenvalue weighted by Gasteiger charge is -2.21. The molecule has 0 bridgehead atoms. The Balaban J connectivity index is -0.00000000511. The Hall–Kier alpha value is -2.34. The molecule has 1 aromatic carbocycles. The van der Waals surface area contributed by atoms with Crippen LogP contribution in [0.3, 0.4) is 0 Å². The molecule has 1 aliphatic heterocycles. The van der Waals surface area contributed by atoms with Gasteiger partial charge in [-0.1, -0.05) is 57.7 Å². The molecule has 5 nitrogen and oxygen atoms in total. The number of carbonyl (C=O) groups excluding carboxylic acids is 2. The van der Waals surface area contributed by atoms with Crippen molar-refractivity contribution in [2.45, 2.75) is 78.1 Å². The zero-order valence-electron chi connectivity index (χ0n) is 21.0. The van der Waals surface area contributed by atoms with E-state index in [-0.39, 0.29) is 84.8 Å². The molecule has 0 spiro atoms. The molecule has 2 amide bonds. The highest BCUT2D eigenvalue weighted by Gasteiger charge is 2.36. The first-order chi connectivity index (χ1) is 15.5. The number of imide groups is 1. The van der Waals surface area contributed by atoms with Crippen molar-refractivity contribution in [1.29, 1.82) is 0 Å². The van der Waals surface area contributed by atoms with Crippen LogP contribution in [0.5, 0.6) is 5.75 Å². The zero-order chi connectivity index (χ0) is 24.4. The van der Waals surface area contributed by atoms with Crippen LogP contribution in [0, 0.1) is 19.8 Å². The molecule has 1 saturated heterocycles. The first-order valence-electron chi connectivity index (χ1n) is 11.7. The molecule has 4 atom stereocenters. The number of rotatable bonds is 8. The van der Waals surface area contributed by atoms with E-state index < -0.39 is 16.4 Å². The fraction of sp³-hybridized carbons (Fsp3) is 0.500. The van der Waals surface area contributed by atoms with Gasteiger partial charge in [-0.15, -0.1) is 0 Å². The Bertz CT molecular complexity index is 1120. The summed E-state index contributed by atoms with van der Waals surface area (Å²) in [4.78, 5) is 28.7. The maximum absolute atomic E-state index is 12.2. The van der Waals surface area contributed by atoms with E-state index in [1.54, 1.807) is 0 Å². The van der Waals surface area contributed by atoms with Crippen LogP contribution < -0.4 is 10.0 Å². The van der Waals surface area contributed by atoms with E-state index in [0.29, 0.717) is 23.6 Å². The number of ether oxygens (including phenoxy) is 1. The van der Waals surface area contributed by atoms with Crippen molar-refractivity contribution in [2.24, 2.45) is 5.92 Å². The number of aromatic nitrogens is 1. The van der Waals surface area contributed by atoms with Gasteiger partial charge in [0, 0.05) is 96.5 Å². The van der Waals surface area contributed by atoms with E-state index >= 15 is 0 Å². The van der Waals surface area contributed by atoms with Gasteiger partial charge in [0.2, 0.25) is 5.91 Å². The third-order valence-corrected chi connectivity index (χ3v) is 7.51. The predicted octanol–water partition coefficient (Wildman–Crippen LogP) is 18.5. The van der Waals surface area contributed by atoms with Crippen LogP contribution in [0.15, 0.2) is 30.3 Å². The van der Waals surface area contributed by atoms with Crippen molar-refractivity contribution in [3.05, 3.63) is 58.4 Å². The number of hydrogen-bond donors (Lipinski definition) is 1. The van der Waals surface area contributed by atoms with Crippen molar-refractivity contribution < 1.29 is 88.5 Å². The van der Waals surface area contributed by atoms with Gasteiger partial charge in [0.05, 0.1) is 5.25 Å². The fourth-order valence-electron chi connectivity index (χ4n) is 4.05. The van der Waals surface area contributed by atoms with Crippen LogP contribution in [0.25, 0.3) is 0 Å². The molecule has 1 N–H and O–H groups in total. The average molecular weight is 558 g/mol. The summed E-state index contributed by atoms with van der Waals surface area (Å²) in [6.07, 6.45) is 0.664. The summed E-state index contributed by atoms with van der Waals surface area (Å²) in [5, 5.41) is -0.613. The van der Waals surface area contributed by atoms with Gasteiger partial charge in [-0.2, -0.15) is 0 Å². The van der Waals surface area contributed by atoms with Gasteiger partial charge in [0.1, 0.15) is 11.9 Å². The number of carbonyl (C=O) groups is 2. The highest BCUT2D eigenvalue weighted by atomic mass is 32.2. The maximum Gasteiger partial charge on any atom is 0.286 e. The summed E-state index contributed by atoms with van der Waals surface area (Å²) >= 11 is 0.924. The minimum Gasteiger partial charge on any atom is -0.490 e. The molecule has 0 aliphatic carbocycles. The molecule has 2 heterocycles. The van der Waals surface area contributed by atoms with E-state index in [2.05, 4.69) is 39.8 Å². The van der Waals surface area contributed by atoms with Crippen molar-refractivity contribution in [1.82, 2.24) is 10.3 Å². The summed E-state index contributed by atoms with van der Waals surface area (Å²) in [5.41, 5.74) is 5.33. The molecule has 1 aliphatic rings. The van der Waals surface area contributed by atoms with Crippen molar-refractivity contribution in [2.75, 3.05) is 0 Å². The second-order valence-electron chi connectivity index (χ2n) is 9.21. The first kappa shape index (κ1) is 22.8. The summed E-state index contributed by atoms with van der Waals surface area (Å²) in [7, 11) is 0. The van der Waals surface area contributed by atoms with Gasteiger partial charge in [0.15, 0.2) is 1.41 Å². The number of hydrogen-bond acceptors (Lipinski definition) is 5. The van der Waals surface area contributed by atoms with E-state index in [0.717, 1.165) is 40.0 Å². The molecule has 32 heavy (non-hydrogen) atoms. The quantitative estimate of drug-likeness (QED) is 0.349. The van der Waals surface area contributed by atoms with Crippen molar-refractivity contribution >= 4 is 22.9 Å². The van der Waals surface area contributed by atoms with Gasteiger partial charge in [-0.3, -0.25) is 19.9 Å². The Morgan fingerprint density at radius 3 is 2.44 bits per heavy atom. The Morgan fingerprint density at radius 2 is 1.88 bits per heavy atom. The summed E-state index contributed by atoms with van der Waals surface area (Å²) < 4.78 is 13.7. The topological polar surface area (TPSA) is 68.3 Å². The Labute approximate surface area is 272 Å². The number of amides is 2. The van der Waals surface area contributed by atoms with Crippen LogP contribution in [0.1, 0.15) is 147 Å². The monoisotopic (exact) mass is 558 g/mol. The fourth-order valence-corrected chi connectivity index (χ4v) is 4.92. The van der Waals surface area contributed by atoms with Gasteiger partial charge in [0.25, 0.3) is 5.24 Å². The predicted molar refractivity (Wildman–Crippen MR) is 238 cm³/mol. The highest BCUT2D eigenvalue weighted by Crippen LogP contribution is 2.34. The van der Waals surface area contributed by atoms with E-state index in [1.807, 2.05) is 39.0 Å². The summed E-state index contributed by atoms with van der Waals surface area (Å²) in [6, 6.07) is 10.2. The van der Waals surface area contributed by atoms with E-state index in [1.165, 1.54) is 5.56 Å². The highest BCUT2D eigenvalue weighted by molar-refractivity contribution is 8.15. The molecule has 0 radical (unpaired) electrons. The van der Waals surface area contributed by atoms with Crippen LogP contribution >= 0.6 is 11.8 Å². The molecular formula is C26H136N2O3S. The molecule has 2 aromatic rings. The lowest BCUT2D eigenvalue weighted by molar-refractivity contribution is -0.119. The van der Waals surface area contributed by atoms with Crippen LogP contribution in [0.2, 0.25) is 1.41 Å². The minimum atomic E-state index is -0.559. The lowest BCUT2D eigenvalue weighted by Crippen LogP contribution is -2.27. The molecule has 1 aromatic heterocycles. The number of nitrogens with zero attached hydrogens (tertiary/aromatic N) is 1. The second kappa shape index (κ2) is 10.1. The molecular weight excluding hydrogens is 420 g/mol. The molecule has 274 valence electrons. The number of aryl methyl sites for hydroxylation is 2. The smallest absolute Gasteiger partial charge is 0.286 e. The summed E-state index contributed by atoms with van der Waals surface area (Å²) in [6.45, 7) is 14.7. The number of nitrogens with one attached hydrogen (secondary N) is 1. The Kier molecular flexibility index (Phi) is 7.19. The third kappa shape index (κ3) is 5.52. The molecule has 6 heteroatoms. The zero-order valence-corrected chi connectivity index (χ0v) is 20.8. The third-order valence-electron chi connectivity index (χ3n) is 6.35. The van der Waals surface area contributed by atoms with Crippen LogP contribution in [0.4, 0.5) is 4.79 Å². The molecule has 4 unspecified atom stereocenters. The van der Waals surface area contributed by atoms with E-state index in [9.17, 15) is 9.59 Å². The van der Waals surface area contributed by atoms with Crippen molar-refractivity contribution in [3.8, 4) is 5.75 Å². The van der Waals surface area contributed by atoms with Crippen molar-refractivity contribution in [3.63, 3.8) is 0 Å². The number of pyridine rings is 1. The summed E-state index contributed by atoms with van der Waals surface area (Å²) in [5.74, 6) is 1.21. The van der Waals surface area contributed by atoms with Gasteiger partial charge in [-0.05, 0) is 61.4 Å². The molecule has 1 fully saturated rings. The van der Waals surface area contributed by atoms with Crippen LogP contribution in [-0.4, -0.2) is 27.5 Å². The lowest BCUT2D eigenvalue weighted by atomic mass is 9.89. The Morgan fingerprint density at radius 1 is 1.16 bits per heavy atom. The SMILES string of the molecule is [2H]N1C(=O)SC(C(C)c2ccc(OC(C)Cc3ccc(C(C)C(C)C)c(C)n3)c(C)c2)C1=O.[HH].[HH].[HH].[HH].[HH].[HH].[HH].[HH].[HH].[HH].[HH].[HH].[HH].[HH].[HH].[HH].[HH].[HH].[HH].[HH].[HH].[HH].[HH].[HH].[HH].[HH].[HH].[HH].[HH].[HH].[HH].[HH].[HH].[HH].[HH].[HH].[HH].[HH].[HH].[HH].[HH].[HH].[HH].[HH].[HH].[HH].[HH].[HH].[HH].[HH].[HH]. The largest absolute Gasteiger partial charge is 0.490 e. The average Bonchev–Trinajstić information content (AvgIpc) is 3.01. The maximum atomic E-state index is 12.2. The molecule has 3 rings (SSSR count).